The molecule has 0 bridgehead atoms. The monoisotopic (exact) mass is 354 g/mol. The van der Waals surface area contributed by atoms with Crippen molar-refractivity contribution in [2.45, 2.75) is 32.4 Å². The highest BCUT2D eigenvalue weighted by molar-refractivity contribution is 5.95. The summed E-state index contributed by atoms with van der Waals surface area (Å²) in [5, 5.41) is 0. The van der Waals surface area contributed by atoms with Gasteiger partial charge in [0.1, 0.15) is 6.54 Å². The van der Waals surface area contributed by atoms with Crippen molar-refractivity contribution in [3.63, 3.8) is 0 Å². The van der Waals surface area contributed by atoms with Crippen molar-refractivity contribution in [1.29, 1.82) is 0 Å². The highest BCUT2D eigenvalue weighted by Crippen LogP contribution is 2.22. The van der Waals surface area contributed by atoms with E-state index < -0.39 is 18.6 Å². The van der Waals surface area contributed by atoms with Gasteiger partial charge in [-0.3, -0.25) is 9.59 Å². The Morgan fingerprint density at radius 3 is 2.48 bits per heavy atom. The van der Waals surface area contributed by atoms with Gasteiger partial charge in [0, 0.05) is 31.3 Å². The number of benzene rings is 1. The fourth-order valence-corrected chi connectivity index (χ4v) is 2.71. The van der Waals surface area contributed by atoms with Gasteiger partial charge in [0.15, 0.2) is 0 Å². The minimum atomic E-state index is -4.41. The van der Waals surface area contributed by atoms with Gasteiger partial charge in [-0.05, 0) is 36.6 Å². The molecule has 0 spiro atoms. The Morgan fingerprint density at radius 1 is 1.28 bits per heavy atom. The lowest BCUT2D eigenvalue weighted by atomic mass is 10.2. The molecule has 1 aliphatic rings. The van der Waals surface area contributed by atoms with E-state index in [1.807, 2.05) is 0 Å². The Morgan fingerprint density at radius 2 is 1.96 bits per heavy atom. The van der Waals surface area contributed by atoms with Crippen LogP contribution in [0.3, 0.4) is 0 Å². The summed E-state index contributed by atoms with van der Waals surface area (Å²) in [7, 11) is 0. The molecule has 0 aromatic heterocycles. The smallest absolute Gasteiger partial charge is 0.330 e. The van der Waals surface area contributed by atoms with Crippen LogP contribution in [0.5, 0.6) is 0 Å². The molecule has 136 valence electrons. The van der Waals surface area contributed by atoms with Crippen molar-refractivity contribution in [3.05, 3.63) is 35.9 Å². The first-order valence-corrected chi connectivity index (χ1v) is 8.24. The largest absolute Gasteiger partial charge is 0.406 e. The zero-order valence-electron chi connectivity index (χ0n) is 14.1. The number of halogens is 3. The molecular formula is C18H21F3N2O2. The van der Waals surface area contributed by atoms with Gasteiger partial charge in [-0.15, -0.1) is 0 Å². The number of anilines is 1. The van der Waals surface area contributed by atoms with Gasteiger partial charge in [-0.1, -0.05) is 19.1 Å². The molecule has 7 heteroatoms. The third-order valence-electron chi connectivity index (χ3n) is 3.87. The zero-order chi connectivity index (χ0) is 18.4. The van der Waals surface area contributed by atoms with Crippen molar-refractivity contribution in [3.8, 4) is 0 Å². The van der Waals surface area contributed by atoms with Crippen LogP contribution < -0.4 is 4.90 Å². The van der Waals surface area contributed by atoms with Crippen LogP contribution in [0.25, 0.3) is 6.08 Å². The second kappa shape index (κ2) is 8.18. The Hall–Kier alpha value is -2.31. The third-order valence-corrected chi connectivity index (χ3v) is 3.87. The van der Waals surface area contributed by atoms with Crippen LogP contribution in [0, 0.1) is 0 Å². The Bertz CT molecular complexity index is 639. The van der Waals surface area contributed by atoms with Crippen molar-refractivity contribution >= 4 is 23.6 Å². The van der Waals surface area contributed by atoms with E-state index in [1.165, 1.54) is 6.08 Å². The lowest BCUT2D eigenvalue weighted by Crippen LogP contribution is -2.38. The van der Waals surface area contributed by atoms with E-state index in [4.69, 9.17) is 0 Å². The number of carbonyl (C=O) groups is 2. The number of hydrogen-bond donors (Lipinski definition) is 0. The number of nitrogens with zero attached hydrogens (tertiary/aromatic N) is 2. The first-order valence-electron chi connectivity index (χ1n) is 8.24. The summed E-state index contributed by atoms with van der Waals surface area (Å²) in [6.45, 7) is 1.22. The Labute approximate surface area is 144 Å². The van der Waals surface area contributed by atoms with Crippen molar-refractivity contribution in [2.75, 3.05) is 24.5 Å². The third kappa shape index (κ3) is 5.62. The fraction of sp³-hybridized carbons (Fsp3) is 0.444. The molecule has 1 aliphatic heterocycles. The standard InChI is InChI=1S/C18H21F3N2O2/c1-2-11-22(13-18(19,20)21)16(24)10-7-14-5-8-15(9-6-14)23-12-3-4-17(23)25/h5-10H,2-4,11-13H2,1H3/b10-7+. The molecule has 0 saturated carbocycles. The molecule has 1 aromatic carbocycles. The van der Waals surface area contributed by atoms with E-state index in [0.717, 1.165) is 23.1 Å². The van der Waals surface area contributed by atoms with Gasteiger partial charge in [-0.25, -0.2) is 0 Å². The van der Waals surface area contributed by atoms with Crippen molar-refractivity contribution < 1.29 is 22.8 Å². The molecule has 1 heterocycles. The molecule has 25 heavy (non-hydrogen) atoms. The summed E-state index contributed by atoms with van der Waals surface area (Å²) in [6.07, 6.45) is 0.0508. The quantitative estimate of drug-likeness (QED) is 0.732. The number of alkyl halides is 3. The summed E-state index contributed by atoms with van der Waals surface area (Å²) in [6, 6.07) is 7.01. The molecule has 0 unspecified atom stereocenters. The van der Waals surface area contributed by atoms with Crippen LogP contribution in [0.15, 0.2) is 30.3 Å². The first-order chi connectivity index (χ1) is 11.8. The van der Waals surface area contributed by atoms with Crippen LogP contribution in [-0.2, 0) is 9.59 Å². The average Bonchev–Trinajstić information content (AvgIpc) is 2.97. The lowest BCUT2D eigenvalue weighted by molar-refractivity contribution is -0.158. The molecule has 0 aliphatic carbocycles. The highest BCUT2D eigenvalue weighted by Gasteiger charge is 2.31. The van der Waals surface area contributed by atoms with E-state index in [1.54, 1.807) is 36.1 Å². The maximum absolute atomic E-state index is 12.5. The molecular weight excluding hydrogens is 333 g/mol. The fourth-order valence-electron chi connectivity index (χ4n) is 2.71. The number of hydrogen-bond acceptors (Lipinski definition) is 2. The van der Waals surface area contributed by atoms with Gasteiger partial charge in [0.25, 0.3) is 0 Å². The molecule has 1 aromatic rings. The van der Waals surface area contributed by atoms with Gasteiger partial charge >= 0.3 is 6.18 Å². The Kier molecular flexibility index (Phi) is 6.22. The normalized spacial score (nSPS) is 15.2. The molecule has 1 saturated heterocycles. The van der Waals surface area contributed by atoms with E-state index in [-0.39, 0.29) is 12.5 Å². The van der Waals surface area contributed by atoms with Crippen LogP contribution in [0.2, 0.25) is 0 Å². The predicted molar refractivity (Wildman–Crippen MR) is 90.0 cm³/mol. The topological polar surface area (TPSA) is 40.6 Å². The summed E-state index contributed by atoms with van der Waals surface area (Å²) in [5.74, 6) is -0.584. The van der Waals surface area contributed by atoms with Crippen molar-refractivity contribution in [1.82, 2.24) is 4.90 Å². The predicted octanol–water partition coefficient (Wildman–Crippen LogP) is 3.63. The van der Waals surface area contributed by atoms with E-state index in [0.29, 0.717) is 24.9 Å². The SMILES string of the molecule is CCCN(CC(F)(F)F)C(=O)/C=C/c1ccc(N2CCCC2=O)cc1. The summed E-state index contributed by atoms with van der Waals surface area (Å²) < 4.78 is 37.6. The second-order valence-electron chi connectivity index (χ2n) is 5.95. The molecule has 2 rings (SSSR count). The summed E-state index contributed by atoms with van der Waals surface area (Å²) in [5.41, 5.74) is 1.47. The molecule has 2 amide bonds. The number of rotatable bonds is 6. The van der Waals surface area contributed by atoms with E-state index in [9.17, 15) is 22.8 Å². The molecule has 0 radical (unpaired) electrons. The minimum Gasteiger partial charge on any atom is -0.330 e. The molecule has 0 atom stereocenters. The first kappa shape index (κ1) is 19.0. The minimum absolute atomic E-state index is 0.0543. The van der Waals surface area contributed by atoms with Gasteiger partial charge < -0.3 is 9.80 Å². The highest BCUT2D eigenvalue weighted by atomic mass is 19.4. The van der Waals surface area contributed by atoms with Crippen LogP contribution >= 0.6 is 0 Å². The van der Waals surface area contributed by atoms with Crippen LogP contribution in [0.4, 0.5) is 18.9 Å². The maximum Gasteiger partial charge on any atom is 0.406 e. The Balaban J connectivity index is 2.02. The van der Waals surface area contributed by atoms with E-state index >= 15 is 0 Å². The summed E-state index contributed by atoms with van der Waals surface area (Å²) in [4.78, 5) is 26.2. The number of carbonyl (C=O) groups excluding carboxylic acids is 2. The van der Waals surface area contributed by atoms with Crippen molar-refractivity contribution in [2.24, 2.45) is 0 Å². The maximum atomic E-state index is 12.5. The van der Waals surface area contributed by atoms with Crippen LogP contribution in [-0.4, -0.2) is 42.5 Å². The van der Waals surface area contributed by atoms with Gasteiger partial charge in [0.2, 0.25) is 11.8 Å². The second-order valence-corrected chi connectivity index (χ2v) is 5.95. The van der Waals surface area contributed by atoms with Gasteiger partial charge in [0.05, 0.1) is 0 Å². The van der Waals surface area contributed by atoms with Crippen LogP contribution in [0.1, 0.15) is 31.7 Å². The lowest BCUT2D eigenvalue weighted by Gasteiger charge is -2.21. The molecule has 1 fully saturated rings. The average molecular weight is 354 g/mol. The molecule has 4 nitrogen and oxygen atoms in total. The molecule has 0 N–H and O–H groups in total. The zero-order valence-corrected chi connectivity index (χ0v) is 14.1. The summed E-state index contributed by atoms with van der Waals surface area (Å²) >= 11 is 0. The van der Waals surface area contributed by atoms with Gasteiger partial charge in [-0.2, -0.15) is 13.2 Å². The van der Waals surface area contributed by atoms with E-state index in [2.05, 4.69) is 0 Å². The number of amides is 2.